The van der Waals surface area contributed by atoms with Crippen molar-refractivity contribution in [3.8, 4) is 5.75 Å². The Hall–Kier alpha value is -1.84. The first-order chi connectivity index (χ1) is 8.08. The van der Waals surface area contributed by atoms with E-state index in [9.17, 15) is 9.59 Å². The minimum atomic E-state index is -1.05. The van der Waals surface area contributed by atoms with Crippen molar-refractivity contribution in [1.29, 1.82) is 0 Å². The van der Waals surface area contributed by atoms with Gasteiger partial charge >= 0.3 is 5.97 Å². The number of hydrogen-bond donors (Lipinski definition) is 0. The van der Waals surface area contributed by atoms with Gasteiger partial charge in [0.15, 0.2) is 5.78 Å². The van der Waals surface area contributed by atoms with Gasteiger partial charge in [-0.05, 0) is 19.1 Å². The molecule has 0 aromatic heterocycles. The normalized spacial score (nSPS) is 28.8. The van der Waals surface area contributed by atoms with Crippen LogP contribution in [-0.4, -0.2) is 24.5 Å². The second-order valence-electron chi connectivity index (χ2n) is 4.60. The van der Waals surface area contributed by atoms with Crippen molar-refractivity contribution in [2.24, 2.45) is 5.92 Å². The number of hydrogen-bond acceptors (Lipinski definition) is 4. The zero-order valence-electron chi connectivity index (χ0n) is 9.65. The fourth-order valence-electron chi connectivity index (χ4n) is 2.41. The summed E-state index contributed by atoms with van der Waals surface area (Å²) in [6, 6.07) is 5.40. The maximum atomic E-state index is 12.1. The standard InChI is InChI=1S/C13H12O4/c1-7-3-4-10-8(5-7)11(14)9-6-13(9,17-10)12(15)16-2/h3-5,9H,6H2,1-2H3/t9-,13+/m0/s1. The predicted octanol–water partition coefficient (Wildman–Crippen LogP) is 1.50. The van der Waals surface area contributed by atoms with E-state index in [-0.39, 0.29) is 11.7 Å². The van der Waals surface area contributed by atoms with E-state index in [4.69, 9.17) is 9.47 Å². The van der Waals surface area contributed by atoms with Crippen LogP contribution in [0.4, 0.5) is 0 Å². The van der Waals surface area contributed by atoms with Crippen molar-refractivity contribution in [3.05, 3.63) is 29.3 Å². The molecule has 0 spiro atoms. The van der Waals surface area contributed by atoms with Crippen LogP contribution in [0, 0.1) is 12.8 Å². The molecule has 0 unspecified atom stereocenters. The number of aryl methyl sites for hydroxylation is 1. The zero-order valence-corrected chi connectivity index (χ0v) is 9.65. The quantitative estimate of drug-likeness (QED) is 0.688. The van der Waals surface area contributed by atoms with E-state index in [2.05, 4.69) is 0 Å². The van der Waals surface area contributed by atoms with Gasteiger partial charge in [-0.25, -0.2) is 4.79 Å². The van der Waals surface area contributed by atoms with Gasteiger partial charge in [-0.2, -0.15) is 0 Å². The molecule has 0 amide bonds. The number of carbonyl (C=O) groups excluding carboxylic acids is 2. The maximum Gasteiger partial charge on any atom is 0.351 e. The fourth-order valence-corrected chi connectivity index (χ4v) is 2.41. The van der Waals surface area contributed by atoms with Crippen molar-refractivity contribution in [2.45, 2.75) is 18.9 Å². The van der Waals surface area contributed by atoms with Crippen LogP contribution in [0.2, 0.25) is 0 Å². The van der Waals surface area contributed by atoms with Gasteiger partial charge in [-0.15, -0.1) is 0 Å². The first-order valence-corrected chi connectivity index (χ1v) is 5.51. The molecule has 1 saturated carbocycles. The summed E-state index contributed by atoms with van der Waals surface area (Å²) in [5.74, 6) is -0.355. The minimum absolute atomic E-state index is 0.0136. The van der Waals surface area contributed by atoms with Crippen molar-refractivity contribution in [2.75, 3.05) is 7.11 Å². The number of rotatable bonds is 1. The van der Waals surface area contributed by atoms with Gasteiger partial charge in [0.2, 0.25) is 5.60 Å². The first-order valence-electron chi connectivity index (χ1n) is 5.51. The highest BCUT2D eigenvalue weighted by Gasteiger charge is 2.70. The van der Waals surface area contributed by atoms with Crippen molar-refractivity contribution < 1.29 is 19.1 Å². The summed E-state index contributed by atoms with van der Waals surface area (Å²) in [5.41, 5.74) is 0.535. The number of carbonyl (C=O) groups is 2. The number of benzene rings is 1. The van der Waals surface area contributed by atoms with Crippen LogP contribution in [0.25, 0.3) is 0 Å². The number of fused-ring (bicyclic) bond motifs is 2. The molecule has 1 fully saturated rings. The molecule has 0 bridgehead atoms. The maximum absolute atomic E-state index is 12.1. The Morgan fingerprint density at radius 2 is 2.29 bits per heavy atom. The molecule has 4 heteroatoms. The average molecular weight is 232 g/mol. The molecule has 0 N–H and O–H groups in total. The lowest BCUT2D eigenvalue weighted by atomic mass is 9.99. The topological polar surface area (TPSA) is 52.6 Å². The summed E-state index contributed by atoms with van der Waals surface area (Å²) >= 11 is 0. The average Bonchev–Trinajstić information content (AvgIpc) is 3.06. The molecule has 0 saturated heterocycles. The summed E-state index contributed by atoms with van der Waals surface area (Å²) in [5, 5.41) is 0. The lowest BCUT2D eigenvalue weighted by Crippen LogP contribution is -2.38. The second-order valence-corrected chi connectivity index (χ2v) is 4.60. The lowest BCUT2D eigenvalue weighted by molar-refractivity contribution is -0.151. The third-order valence-electron chi connectivity index (χ3n) is 3.45. The van der Waals surface area contributed by atoms with Gasteiger partial charge < -0.3 is 9.47 Å². The summed E-state index contributed by atoms with van der Waals surface area (Å²) in [6.07, 6.45) is 0.423. The highest BCUT2D eigenvalue weighted by atomic mass is 16.6. The molecule has 88 valence electrons. The molecule has 0 radical (unpaired) electrons. The Kier molecular flexibility index (Phi) is 1.88. The number of ether oxygens (including phenoxy) is 2. The number of methoxy groups -OCH3 is 1. The van der Waals surface area contributed by atoms with Crippen LogP contribution in [0.1, 0.15) is 22.3 Å². The highest BCUT2D eigenvalue weighted by Crippen LogP contribution is 2.54. The molecular weight excluding hydrogens is 220 g/mol. The van der Waals surface area contributed by atoms with Gasteiger partial charge in [-0.1, -0.05) is 11.6 Å². The molecule has 2 aliphatic rings. The molecule has 1 aliphatic carbocycles. The SMILES string of the molecule is COC(=O)[C@@]12C[C@H]1C(=O)c1cc(C)ccc1O2. The van der Waals surface area contributed by atoms with Crippen LogP contribution >= 0.6 is 0 Å². The van der Waals surface area contributed by atoms with Gasteiger partial charge in [0.1, 0.15) is 5.75 Å². The molecule has 1 aromatic carbocycles. The van der Waals surface area contributed by atoms with Gasteiger partial charge in [-0.3, -0.25) is 4.79 Å². The van der Waals surface area contributed by atoms with E-state index in [0.717, 1.165) is 5.56 Å². The van der Waals surface area contributed by atoms with E-state index < -0.39 is 11.6 Å². The summed E-state index contributed by atoms with van der Waals surface area (Å²) < 4.78 is 10.4. The van der Waals surface area contributed by atoms with Gasteiger partial charge in [0.05, 0.1) is 18.6 Å². The fraction of sp³-hybridized carbons (Fsp3) is 0.385. The molecule has 1 aromatic rings. The van der Waals surface area contributed by atoms with Crippen molar-refractivity contribution in [1.82, 2.24) is 0 Å². The smallest absolute Gasteiger partial charge is 0.351 e. The second kappa shape index (κ2) is 3.09. The van der Waals surface area contributed by atoms with Crippen LogP contribution < -0.4 is 4.74 Å². The number of ketones is 1. The van der Waals surface area contributed by atoms with Crippen LogP contribution in [0.3, 0.4) is 0 Å². The van der Waals surface area contributed by atoms with Crippen molar-refractivity contribution in [3.63, 3.8) is 0 Å². The molecule has 4 nitrogen and oxygen atoms in total. The Morgan fingerprint density at radius 3 is 3.00 bits per heavy atom. The monoisotopic (exact) mass is 232 g/mol. The molecular formula is C13H12O4. The first kappa shape index (κ1) is 10.3. The molecule has 2 atom stereocenters. The molecule has 1 aliphatic heterocycles. The third kappa shape index (κ3) is 1.24. The van der Waals surface area contributed by atoms with Gasteiger partial charge in [0, 0.05) is 6.42 Å². The largest absolute Gasteiger partial charge is 0.474 e. The summed E-state index contributed by atoms with van der Waals surface area (Å²) in [6.45, 7) is 1.92. The van der Waals surface area contributed by atoms with E-state index in [1.807, 2.05) is 13.0 Å². The summed E-state index contributed by atoms with van der Waals surface area (Å²) in [7, 11) is 1.31. The van der Waals surface area contributed by atoms with E-state index in [1.165, 1.54) is 7.11 Å². The van der Waals surface area contributed by atoms with Crippen LogP contribution in [0.5, 0.6) is 5.75 Å². The Balaban J connectivity index is 2.06. The van der Waals surface area contributed by atoms with Crippen molar-refractivity contribution >= 4 is 11.8 Å². The van der Waals surface area contributed by atoms with E-state index >= 15 is 0 Å². The zero-order chi connectivity index (χ0) is 12.2. The van der Waals surface area contributed by atoms with Crippen LogP contribution in [0.15, 0.2) is 18.2 Å². The Morgan fingerprint density at radius 1 is 1.53 bits per heavy atom. The minimum Gasteiger partial charge on any atom is -0.474 e. The highest BCUT2D eigenvalue weighted by molar-refractivity contribution is 6.09. The Bertz CT molecular complexity index is 534. The number of esters is 1. The van der Waals surface area contributed by atoms with Crippen LogP contribution in [-0.2, 0) is 9.53 Å². The third-order valence-corrected chi connectivity index (χ3v) is 3.45. The number of Topliss-reactive ketones (excluding diaryl/α,β-unsaturated/α-hetero) is 1. The van der Waals surface area contributed by atoms with E-state index in [1.54, 1.807) is 12.1 Å². The van der Waals surface area contributed by atoms with E-state index in [0.29, 0.717) is 17.7 Å². The van der Waals surface area contributed by atoms with Gasteiger partial charge in [0.25, 0.3) is 0 Å². The lowest BCUT2D eigenvalue weighted by Gasteiger charge is -2.23. The Labute approximate surface area is 98.5 Å². The predicted molar refractivity (Wildman–Crippen MR) is 59.0 cm³/mol. The molecule has 3 rings (SSSR count). The molecule has 1 heterocycles. The molecule has 17 heavy (non-hydrogen) atoms. The summed E-state index contributed by atoms with van der Waals surface area (Å²) in [4.78, 5) is 23.8.